The lowest BCUT2D eigenvalue weighted by Gasteiger charge is -2.38. The number of hydrogen-bond donors (Lipinski definition) is 17. The van der Waals surface area contributed by atoms with Gasteiger partial charge in [-0.1, -0.05) is 106 Å². The second-order valence-electron chi connectivity index (χ2n) is 34.2. The first-order valence-electron chi connectivity index (χ1n) is 44.3. The van der Waals surface area contributed by atoms with Gasteiger partial charge in [-0.15, -0.1) is 11.8 Å². The number of aliphatic hydroxyl groups is 2. The van der Waals surface area contributed by atoms with Crippen LogP contribution in [0, 0.1) is 29.2 Å². The van der Waals surface area contributed by atoms with Crippen molar-refractivity contribution >= 4 is 123 Å². The number of aromatic amines is 1. The summed E-state index contributed by atoms with van der Waals surface area (Å²) < 4.78 is 59.8. The van der Waals surface area contributed by atoms with Crippen LogP contribution in [0.4, 0.5) is 17.6 Å². The van der Waals surface area contributed by atoms with E-state index < -0.39 is 315 Å². The zero-order valence-corrected chi connectivity index (χ0v) is 76.4. The molecule has 19 N–H and O–H groups in total. The fourth-order valence-corrected chi connectivity index (χ4v) is 17.2. The maximum atomic E-state index is 15.7. The van der Waals surface area contributed by atoms with Crippen molar-refractivity contribution < 1.29 is 125 Å². The number of carbonyl (C=O) groups is 17. The number of likely N-dealkylation sites (N-methyl/N-ethyl adjacent to an activating group) is 3. The van der Waals surface area contributed by atoms with Crippen LogP contribution in [-0.4, -0.2) is 305 Å². The van der Waals surface area contributed by atoms with Crippen LogP contribution in [0.5, 0.6) is 5.75 Å². The number of amides is 15. The number of nitrogens with two attached hydrogens (primary N) is 2. The number of primary amides is 1. The summed E-state index contributed by atoms with van der Waals surface area (Å²) in [6.07, 6.45) is -7.87. The van der Waals surface area contributed by atoms with Gasteiger partial charge in [0.2, 0.25) is 88.6 Å². The lowest BCUT2D eigenvalue weighted by atomic mass is 9.98. The Bertz CT molecular complexity index is 5310. The first kappa shape index (κ1) is 106. The van der Waals surface area contributed by atoms with Crippen molar-refractivity contribution in [1.29, 1.82) is 0 Å². The standard InChI is InChI=1S/C92H115F4N17O22S/c1-7-8-20-69-91(134)113-45-57(116)40-72(113)87(130)106-66(41-77(121)122)84(127)108-79(48(2)3)92(135)110(5)70(36-49-15-10-9-11-16-49)85(128)103-63(29-30-76(119)120)89(132)112-44-56(115)39-71(112)86(129)105-65(38-53-42-99-61-18-13-12-17-58(53)61)83(126)104-64(34-50-23-27-55(114)28-24-50)82(125)102-62(19-14-31-97)81(124)107-68(80(123)100-43-74(98)117)46-136-47-75(118)101-67(35-52-32-59(94)78(96)60(95)33-52)88(131)111(6)73(90(133)109(69)4)37-51-21-25-54(93)26-22-51/h9-13,15-18,21-28,32-33,42,48,56-57,62-73,79,99,114-116H,7-8,14,19-20,29-31,34-41,43-47,97H2,1-6H3,(H2,98,117)(H,100,123)(H,101,118)(H,102,125)(H,103,128)(H,104,126)(H,105,129)(H,106,130)(H,107,124)(H,108,127)(H,119,120)(H,121,122)/t56-,57-,62+,63+,64+,65+,66+,67+,68+,69+,70+,71-,72-,73+,79+/m1/s1. The number of fused-ring (bicyclic) bond motifs is 3. The van der Waals surface area contributed by atoms with E-state index in [9.17, 15) is 72.7 Å². The van der Waals surface area contributed by atoms with Gasteiger partial charge in [-0.25, -0.2) is 17.6 Å². The van der Waals surface area contributed by atoms with E-state index in [-0.39, 0.29) is 55.5 Å². The lowest BCUT2D eigenvalue weighted by molar-refractivity contribution is -0.152. The third-order valence-corrected chi connectivity index (χ3v) is 24.8. The maximum Gasteiger partial charge on any atom is 0.305 e. The van der Waals surface area contributed by atoms with Gasteiger partial charge in [0, 0.05) is 108 Å². The highest BCUT2D eigenvalue weighted by Gasteiger charge is 2.48. The second kappa shape index (κ2) is 49.6. The van der Waals surface area contributed by atoms with Gasteiger partial charge in [0.25, 0.3) is 0 Å². The number of aromatic nitrogens is 1. The average molecular weight is 1920 g/mol. The number of aliphatic hydroxyl groups excluding tert-OH is 2. The van der Waals surface area contributed by atoms with Crippen molar-refractivity contribution in [3.63, 3.8) is 0 Å². The third-order valence-electron chi connectivity index (χ3n) is 23.8. The number of aromatic hydroxyl groups is 1. The number of carboxylic acid groups (broad SMARTS) is 2. The summed E-state index contributed by atoms with van der Waals surface area (Å²) in [4.78, 5) is 257. The zero-order valence-electron chi connectivity index (χ0n) is 75.6. The Morgan fingerprint density at radius 3 is 1.64 bits per heavy atom. The smallest absolute Gasteiger partial charge is 0.305 e. The number of benzene rings is 5. The van der Waals surface area contributed by atoms with E-state index >= 15 is 51.9 Å². The molecular weight excluding hydrogens is 1800 g/mol. The zero-order chi connectivity index (χ0) is 99.6. The number of unbranched alkanes of at least 4 members (excludes halogenated alkanes) is 1. The van der Waals surface area contributed by atoms with E-state index in [2.05, 4.69) is 52.8 Å². The van der Waals surface area contributed by atoms with Crippen LogP contribution in [0.15, 0.2) is 121 Å². The van der Waals surface area contributed by atoms with E-state index in [4.69, 9.17) is 11.5 Å². The lowest BCUT2D eigenvalue weighted by Crippen LogP contribution is -2.62. The molecule has 3 aliphatic heterocycles. The molecule has 4 heterocycles. The molecule has 0 bridgehead atoms. The maximum absolute atomic E-state index is 15.7. The highest BCUT2D eigenvalue weighted by atomic mass is 32.2. The van der Waals surface area contributed by atoms with Crippen LogP contribution >= 0.6 is 11.8 Å². The van der Waals surface area contributed by atoms with E-state index in [1.165, 1.54) is 56.4 Å². The summed E-state index contributed by atoms with van der Waals surface area (Å²) in [6, 6.07) is 2.41. The number of phenolic OH excluding ortho intramolecular Hbond substituents is 1. The predicted molar refractivity (Wildman–Crippen MR) is 483 cm³/mol. The van der Waals surface area contributed by atoms with E-state index in [0.717, 1.165) is 57.8 Å². The van der Waals surface area contributed by atoms with Gasteiger partial charge in [-0.3, -0.25) is 81.5 Å². The van der Waals surface area contributed by atoms with Crippen LogP contribution in [0.25, 0.3) is 10.9 Å². The van der Waals surface area contributed by atoms with Gasteiger partial charge < -0.3 is 114 Å². The molecule has 3 saturated heterocycles. The minimum Gasteiger partial charge on any atom is -0.508 e. The summed E-state index contributed by atoms with van der Waals surface area (Å²) >= 11 is 0.594. The Kier molecular flexibility index (Phi) is 38.7. The molecule has 3 aliphatic rings. The molecule has 15 atom stereocenters. The van der Waals surface area contributed by atoms with Crippen LogP contribution in [0.2, 0.25) is 0 Å². The van der Waals surface area contributed by atoms with Crippen LogP contribution < -0.4 is 59.3 Å². The molecule has 0 radical (unpaired) electrons. The SMILES string of the molecule is CCCC[C@H]1C(=O)N2C[C@H](O)C[C@@H]2C(=O)N[C@@H](CC(=O)O)C(=O)N[C@@H](C(C)C)C(=O)N(C)[C@@H](Cc2ccccc2)C(=O)N[C@@H](CCC(=O)O)C(=O)N2C[C@H](O)C[C@@H]2C(=O)N[C@@H](Cc2c[nH]c3ccccc23)C(=O)N[C@@H](Cc2ccc(O)cc2)C(=O)N[C@@H](CCCN)C(=O)N[C@H](C(=O)NCC(N)=O)CSCC(=O)N[C@@H](Cc2cc(F)c(F)c(F)c2)C(=O)N(C)[C@@H](Cc2ccc(F)cc2)C(=O)N1C. The number of nitrogens with one attached hydrogen (secondary N) is 10. The number of nitrogens with zero attached hydrogens (tertiary/aromatic N) is 5. The quantitative estimate of drug-likeness (QED) is 0.0254. The predicted octanol–water partition coefficient (Wildman–Crippen LogP) is -0.501. The normalized spacial score (nSPS) is 24.4. The minimum absolute atomic E-state index is 0.0226. The Hall–Kier alpha value is -13.6. The monoisotopic (exact) mass is 1920 g/mol. The summed E-state index contributed by atoms with van der Waals surface area (Å²) in [5.74, 6) is -28.6. The molecule has 15 amide bonds. The molecular formula is C92H115F4N17O22S. The highest BCUT2D eigenvalue weighted by molar-refractivity contribution is 8.00. The Balaban J connectivity index is 1.15. The molecule has 136 heavy (non-hydrogen) atoms. The van der Waals surface area contributed by atoms with Crippen molar-refractivity contribution in [3.8, 4) is 5.75 Å². The van der Waals surface area contributed by atoms with Crippen molar-refractivity contribution in [2.45, 2.75) is 208 Å². The van der Waals surface area contributed by atoms with E-state index in [0.29, 0.717) is 52.3 Å². The fraction of sp³-hybridized carbons (Fsp3) is 0.467. The number of hydrogen-bond acceptors (Lipinski definition) is 22. The molecule has 39 nitrogen and oxygen atoms in total. The van der Waals surface area contributed by atoms with Crippen molar-refractivity contribution in [3.05, 3.63) is 173 Å². The van der Waals surface area contributed by atoms with E-state index in [1.807, 2.05) is 0 Å². The molecule has 9 rings (SSSR count). The Morgan fingerprint density at radius 1 is 0.515 bits per heavy atom. The molecule has 3 fully saturated rings. The largest absolute Gasteiger partial charge is 0.508 e. The van der Waals surface area contributed by atoms with Gasteiger partial charge in [-0.05, 0) is 108 Å². The fourth-order valence-electron chi connectivity index (χ4n) is 16.4. The number of rotatable bonds is 25. The van der Waals surface area contributed by atoms with Crippen LogP contribution in [0.3, 0.4) is 0 Å². The summed E-state index contributed by atoms with van der Waals surface area (Å²) in [5.41, 5.74) is 12.8. The number of thioether (sulfide) groups is 1. The molecule has 6 aromatic rings. The van der Waals surface area contributed by atoms with Gasteiger partial charge in [-0.2, -0.15) is 0 Å². The molecule has 0 aliphatic carbocycles. The number of carboxylic acids is 2. The van der Waals surface area contributed by atoms with Crippen LogP contribution in [0.1, 0.15) is 113 Å². The number of halogens is 4. The second-order valence-corrected chi connectivity index (χ2v) is 35.3. The van der Waals surface area contributed by atoms with Crippen LogP contribution in [-0.2, 0) is 114 Å². The Morgan fingerprint density at radius 2 is 1.04 bits per heavy atom. The van der Waals surface area contributed by atoms with E-state index in [1.54, 1.807) is 61.5 Å². The summed E-state index contributed by atoms with van der Waals surface area (Å²) in [7, 11) is 3.39. The van der Waals surface area contributed by atoms with Gasteiger partial charge in [0.05, 0.1) is 30.9 Å². The molecule has 0 saturated carbocycles. The summed E-state index contributed by atoms with van der Waals surface area (Å²) in [6.45, 7) is 2.45. The van der Waals surface area contributed by atoms with Crippen molar-refractivity contribution in [2.24, 2.45) is 17.4 Å². The topological polar surface area (TPSA) is 584 Å². The molecule has 0 unspecified atom stereocenters. The van der Waals surface area contributed by atoms with Gasteiger partial charge in [0.15, 0.2) is 17.5 Å². The van der Waals surface area contributed by atoms with Crippen molar-refractivity contribution in [2.75, 3.05) is 58.8 Å². The Labute approximate surface area is 783 Å². The molecule has 5 aromatic carbocycles. The average Bonchev–Trinajstić information content (AvgIpc) is 1.52. The number of phenols is 1. The minimum atomic E-state index is -2.10. The number of carbonyl (C=O) groups excluding carboxylic acids is 15. The highest BCUT2D eigenvalue weighted by Crippen LogP contribution is 2.29. The summed E-state index contributed by atoms with van der Waals surface area (Å²) in [5, 5.41) is 76.9. The first-order valence-corrected chi connectivity index (χ1v) is 45.4. The number of para-hydroxylation sites is 1. The van der Waals surface area contributed by atoms with Gasteiger partial charge in [0.1, 0.15) is 90.1 Å². The number of H-pyrrole nitrogens is 1. The van der Waals surface area contributed by atoms with Crippen molar-refractivity contribution in [1.82, 2.24) is 77.3 Å². The molecule has 44 heteroatoms. The third kappa shape index (κ3) is 29.2. The number of aliphatic carboxylic acids is 2. The molecule has 0 spiro atoms. The first-order chi connectivity index (χ1) is 64.5. The molecule has 734 valence electrons. The molecule has 1 aromatic heterocycles. The van der Waals surface area contributed by atoms with Gasteiger partial charge >= 0.3 is 11.9 Å².